The Hall–Kier alpha value is -0.900. The predicted octanol–water partition coefficient (Wildman–Crippen LogP) is 5.62. The lowest BCUT2D eigenvalue weighted by atomic mass is 10.1. The van der Waals surface area contributed by atoms with E-state index < -0.39 is 0 Å². The Morgan fingerprint density at radius 2 is 2.11 bits per heavy atom. The van der Waals surface area contributed by atoms with Gasteiger partial charge in [-0.2, -0.15) is 11.3 Å². The third-order valence-electron chi connectivity index (χ3n) is 2.80. The van der Waals surface area contributed by atoms with Gasteiger partial charge >= 0.3 is 0 Å². The lowest BCUT2D eigenvalue weighted by Gasteiger charge is -2.04. The Kier molecular flexibility index (Phi) is 3.37. The molecular weight excluding hydrogens is 287 g/mol. The van der Waals surface area contributed by atoms with Crippen LogP contribution in [0.4, 0.5) is 4.39 Å². The minimum atomic E-state index is -0.195. The third kappa shape index (κ3) is 2.44. The molecule has 1 aromatic carbocycles. The van der Waals surface area contributed by atoms with Gasteiger partial charge in [-0.05, 0) is 52.4 Å². The Balaban J connectivity index is 1.89. The van der Waals surface area contributed by atoms with Crippen molar-refractivity contribution in [3.63, 3.8) is 0 Å². The number of halogens is 2. The van der Waals surface area contributed by atoms with Crippen LogP contribution in [0.1, 0.15) is 15.8 Å². The molecular formula is C14H10ClFS2. The second kappa shape index (κ2) is 5.00. The number of hydrogen-bond acceptors (Lipinski definition) is 2. The zero-order chi connectivity index (χ0) is 12.5. The molecule has 3 aromatic rings. The fraction of sp³-hybridized carbons (Fsp3) is 0.143. The summed E-state index contributed by atoms with van der Waals surface area (Å²) in [7, 11) is 0. The van der Waals surface area contributed by atoms with Gasteiger partial charge in [0.05, 0.1) is 5.38 Å². The van der Waals surface area contributed by atoms with Crippen molar-refractivity contribution in [3.05, 3.63) is 57.3 Å². The zero-order valence-electron chi connectivity index (χ0n) is 9.40. The number of rotatable bonds is 3. The van der Waals surface area contributed by atoms with Gasteiger partial charge in [0.2, 0.25) is 0 Å². The molecule has 92 valence electrons. The van der Waals surface area contributed by atoms with Crippen molar-refractivity contribution in [3.8, 4) is 0 Å². The van der Waals surface area contributed by atoms with Crippen LogP contribution in [-0.4, -0.2) is 0 Å². The Labute approximate surface area is 118 Å². The van der Waals surface area contributed by atoms with Gasteiger partial charge in [0.15, 0.2) is 0 Å². The molecule has 2 aromatic heterocycles. The minimum Gasteiger partial charge on any atom is -0.207 e. The van der Waals surface area contributed by atoms with Crippen molar-refractivity contribution in [1.82, 2.24) is 0 Å². The molecule has 3 rings (SSSR count). The van der Waals surface area contributed by atoms with Gasteiger partial charge in [0.1, 0.15) is 5.82 Å². The van der Waals surface area contributed by atoms with Gasteiger partial charge in [0, 0.05) is 9.58 Å². The fourth-order valence-corrected chi connectivity index (χ4v) is 4.02. The summed E-state index contributed by atoms with van der Waals surface area (Å²) in [5.74, 6) is -0.195. The Bertz CT molecular complexity index is 658. The van der Waals surface area contributed by atoms with Crippen molar-refractivity contribution in [1.29, 1.82) is 0 Å². The number of hydrogen-bond donors (Lipinski definition) is 0. The second-order valence-electron chi connectivity index (χ2n) is 4.13. The van der Waals surface area contributed by atoms with E-state index in [9.17, 15) is 4.39 Å². The van der Waals surface area contributed by atoms with Crippen molar-refractivity contribution >= 4 is 44.4 Å². The summed E-state index contributed by atoms with van der Waals surface area (Å²) in [5.41, 5.74) is 1.25. The van der Waals surface area contributed by atoms with Crippen molar-refractivity contribution in [2.24, 2.45) is 0 Å². The smallest absolute Gasteiger partial charge is 0.124 e. The molecule has 0 nitrogen and oxygen atoms in total. The molecule has 1 atom stereocenters. The van der Waals surface area contributed by atoms with Gasteiger partial charge in [-0.25, -0.2) is 4.39 Å². The summed E-state index contributed by atoms with van der Waals surface area (Å²) in [6.45, 7) is 0. The molecule has 0 spiro atoms. The van der Waals surface area contributed by atoms with E-state index in [0.717, 1.165) is 21.4 Å². The maximum Gasteiger partial charge on any atom is 0.124 e. The average Bonchev–Trinajstić information content (AvgIpc) is 2.96. The van der Waals surface area contributed by atoms with Crippen LogP contribution in [0.3, 0.4) is 0 Å². The van der Waals surface area contributed by atoms with Crippen LogP contribution < -0.4 is 0 Å². The highest BCUT2D eigenvalue weighted by Crippen LogP contribution is 2.35. The van der Waals surface area contributed by atoms with Gasteiger partial charge in [-0.1, -0.05) is 6.07 Å². The van der Waals surface area contributed by atoms with Crippen LogP contribution in [0.2, 0.25) is 0 Å². The van der Waals surface area contributed by atoms with Crippen molar-refractivity contribution in [2.45, 2.75) is 11.8 Å². The van der Waals surface area contributed by atoms with E-state index in [1.807, 2.05) is 0 Å². The highest BCUT2D eigenvalue weighted by atomic mass is 35.5. The minimum absolute atomic E-state index is 0.0416. The Morgan fingerprint density at radius 3 is 2.89 bits per heavy atom. The molecule has 0 aliphatic carbocycles. The van der Waals surface area contributed by atoms with Gasteiger partial charge < -0.3 is 0 Å². The maximum atomic E-state index is 13.1. The zero-order valence-corrected chi connectivity index (χ0v) is 11.8. The molecule has 0 radical (unpaired) electrons. The van der Waals surface area contributed by atoms with E-state index in [2.05, 4.69) is 22.9 Å². The van der Waals surface area contributed by atoms with Crippen LogP contribution in [-0.2, 0) is 6.42 Å². The SMILES string of the molecule is Fc1ccc2cc(C(Cl)Cc3ccsc3)sc2c1. The monoisotopic (exact) mass is 296 g/mol. The van der Waals surface area contributed by atoms with Crippen molar-refractivity contribution < 1.29 is 4.39 Å². The van der Waals surface area contributed by atoms with Crippen LogP contribution in [0.25, 0.3) is 10.1 Å². The summed E-state index contributed by atoms with van der Waals surface area (Å²) < 4.78 is 14.1. The maximum absolute atomic E-state index is 13.1. The summed E-state index contributed by atoms with van der Waals surface area (Å²) in [6.07, 6.45) is 0.820. The first kappa shape index (κ1) is 12.2. The fourth-order valence-electron chi connectivity index (χ4n) is 1.90. The molecule has 0 aliphatic rings. The first-order valence-electron chi connectivity index (χ1n) is 5.56. The molecule has 0 bridgehead atoms. The number of thiophene rings is 2. The third-order valence-corrected chi connectivity index (χ3v) is 5.27. The molecule has 0 saturated heterocycles. The normalized spacial score (nSPS) is 13.0. The van der Waals surface area contributed by atoms with Crippen LogP contribution in [0, 0.1) is 5.82 Å². The summed E-state index contributed by atoms with van der Waals surface area (Å²) >= 11 is 9.68. The van der Waals surface area contributed by atoms with Gasteiger partial charge in [-0.15, -0.1) is 22.9 Å². The van der Waals surface area contributed by atoms with Crippen molar-refractivity contribution in [2.75, 3.05) is 0 Å². The molecule has 0 aliphatic heterocycles. The lowest BCUT2D eigenvalue weighted by molar-refractivity contribution is 0.630. The quantitative estimate of drug-likeness (QED) is 0.550. The molecule has 0 N–H and O–H groups in total. The first-order valence-corrected chi connectivity index (χ1v) is 7.76. The van der Waals surface area contributed by atoms with Gasteiger partial charge in [-0.3, -0.25) is 0 Å². The van der Waals surface area contributed by atoms with Crippen LogP contribution in [0.5, 0.6) is 0 Å². The first-order chi connectivity index (χ1) is 8.72. The Morgan fingerprint density at radius 1 is 1.22 bits per heavy atom. The highest BCUT2D eigenvalue weighted by molar-refractivity contribution is 7.19. The molecule has 18 heavy (non-hydrogen) atoms. The van der Waals surface area contributed by atoms with Crippen LogP contribution >= 0.6 is 34.3 Å². The van der Waals surface area contributed by atoms with E-state index >= 15 is 0 Å². The van der Waals surface area contributed by atoms with E-state index in [4.69, 9.17) is 11.6 Å². The summed E-state index contributed by atoms with van der Waals surface area (Å²) in [4.78, 5) is 1.10. The number of fused-ring (bicyclic) bond motifs is 1. The molecule has 0 fully saturated rings. The van der Waals surface area contributed by atoms with E-state index in [-0.39, 0.29) is 11.2 Å². The molecule has 1 unspecified atom stereocenters. The van der Waals surface area contributed by atoms with E-state index in [1.54, 1.807) is 34.8 Å². The predicted molar refractivity (Wildman–Crippen MR) is 78.4 cm³/mol. The van der Waals surface area contributed by atoms with E-state index in [1.165, 1.54) is 11.6 Å². The summed E-state index contributed by atoms with van der Waals surface area (Å²) in [6, 6.07) is 9.01. The molecule has 0 amide bonds. The average molecular weight is 297 g/mol. The summed E-state index contributed by atoms with van der Waals surface area (Å²) in [5, 5.41) is 5.19. The second-order valence-corrected chi connectivity index (χ2v) is 6.56. The van der Waals surface area contributed by atoms with E-state index in [0.29, 0.717) is 0 Å². The highest BCUT2D eigenvalue weighted by Gasteiger charge is 2.13. The van der Waals surface area contributed by atoms with Gasteiger partial charge in [0.25, 0.3) is 0 Å². The number of alkyl halides is 1. The molecule has 2 heterocycles. The lowest BCUT2D eigenvalue weighted by Crippen LogP contribution is -1.90. The van der Waals surface area contributed by atoms with Crippen LogP contribution in [0.15, 0.2) is 41.1 Å². The molecule has 0 saturated carbocycles. The largest absolute Gasteiger partial charge is 0.207 e. The molecule has 4 heteroatoms. The standard InChI is InChI=1S/C14H10ClFS2/c15-12(5-9-3-4-17-8-9)14-6-10-1-2-11(16)7-13(10)18-14/h1-4,6-8,12H,5H2. The topological polar surface area (TPSA) is 0 Å². The number of benzene rings is 1.